The SMILES string of the molecule is CCOc1c(O)cc(C(C)=O)cc1C(F)(F)F. The summed E-state index contributed by atoms with van der Waals surface area (Å²) in [5, 5.41) is 9.44. The second-order valence-corrected chi connectivity index (χ2v) is 3.36. The van der Waals surface area contributed by atoms with Crippen LogP contribution in [0.4, 0.5) is 13.2 Å². The standard InChI is InChI=1S/C11H11F3O3/c1-3-17-10-8(11(12,13)14)4-7(6(2)15)5-9(10)16/h4-5,16H,3H2,1-2H3. The van der Waals surface area contributed by atoms with Gasteiger partial charge in [-0.25, -0.2) is 0 Å². The molecule has 3 nitrogen and oxygen atoms in total. The van der Waals surface area contributed by atoms with Gasteiger partial charge in [-0.3, -0.25) is 4.79 Å². The number of carbonyl (C=O) groups excluding carboxylic acids is 1. The van der Waals surface area contributed by atoms with Crippen molar-refractivity contribution in [3.8, 4) is 11.5 Å². The van der Waals surface area contributed by atoms with Crippen molar-refractivity contribution in [2.24, 2.45) is 0 Å². The van der Waals surface area contributed by atoms with Crippen LogP contribution in [0.1, 0.15) is 29.8 Å². The third kappa shape index (κ3) is 2.89. The number of ether oxygens (including phenoxy) is 1. The minimum atomic E-state index is -4.69. The van der Waals surface area contributed by atoms with Crippen molar-refractivity contribution >= 4 is 5.78 Å². The fourth-order valence-corrected chi connectivity index (χ4v) is 1.32. The number of halogens is 3. The van der Waals surface area contributed by atoms with Crippen LogP contribution in [0.15, 0.2) is 12.1 Å². The minimum absolute atomic E-state index is 0.0178. The van der Waals surface area contributed by atoms with E-state index in [2.05, 4.69) is 0 Å². The zero-order chi connectivity index (χ0) is 13.2. The number of phenolic OH excluding ortho intramolecular Hbond substituents is 1. The third-order valence-electron chi connectivity index (χ3n) is 2.07. The van der Waals surface area contributed by atoms with Gasteiger partial charge in [-0.05, 0) is 26.0 Å². The van der Waals surface area contributed by atoms with E-state index in [-0.39, 0.29) is 12.2 Å². The smallest absolute Gasteiger partial charge is 0.420 e. The Balaban J connectivity index is 3.45. The molecule has 0 bridgehead atoms. The molecule has 0 heterocycles. The van der Waals surface area contributed by atoms with E-state index in [0.29, 0.717) is 6.07 Å². The summed E-state index contributed by atoms with van der Waals surface area (Å²) in [5.74, 6) is -1.90. The topological polar surface area (TPSA) is 46.5 Å². The van der Waals surface area contributed by atoms with Crippen LogP contribution >= 0.6 is 0 Å². The summed E-state index contributed by atoms with van der Waals surface area (Å²) in [6.45, 7) is 2.60. The van der Waals surface area contributed by atoms with Crippen LogP contribution in [-0.2, 0) is 6.18 Å². The Kier molecular flexibility index (Phi) is 3.65. The van der Waals surface area contributed by atoms with Crippen LogP contribution in [0.2, 0.25) is 0 Å². The second kappa shape index (κ2) is 4.65. The van der Waals surface area contributed by atoms with Gasteiger partial charge in [-0.2, -0.15) is 13.2 Å². The molecule has 1 aromatic carbocycles. The minimum Gasteiger partial charge on any atom is -0.504 e. The quantitative estimate of drug-likeness (QED) is 0.836. The lowest BCUT2D eigenvalue weighted by molar-refractivity contribution is -0.139. The number of ketones is 1. The molecule has 6 heteroatoms. The van der Waals surface area contributed by atoms with Gasteiger partial charge in [0.25, 0.3) is 0 Å². The van der Waals surface area contributed by atoms with Crippen molar-refractivity contribution in [2.45, 2.75) is 20.0 Å². The van der Waals surface area contributed by atoms with Crippen LogP contribution in [0, 0.1) is 0 Å². The molecular formula is C11H11F3O3. The van der Waals surface area contributed by atoms with Crippen LogP contribution in [0.5, 0.6) is 11.5 Å². The van der Waals surface area contributed by atoms with Crippen LogP contribution in [0.3, 0.4) is 0 Å². The van der Waals surface area contributed by atoms with Crippen LogP contribution < -0.4 is 4.74 Å². The summed E-state index contributed by atoms with van der Waals surface area (Å²) < 4.78 is 42.8. The van der Waals surface area contributed by atoms with Gasteiger partial charge < -0.3 is 9.84 Å². The molecule has 17 heavy (non-hydrogen) atoms. The number of carbonyl (C=O) groups is 1. The van der Waals surface area contributed by atoms with Gasteiger partial charge in [0.15, 0.2) is 17.3 Å². The molecule has 0 aliphatic heterocycles. The highest BCUT2D eigenvalue weighted by Crippen LogP contribution is 2.42. The zero-order valence-corrected chi connectivity index (χ0v) is 9.26. The molecule has 0 saturated carbocycles. The monoisotopic (exact) mass is 248 g/mol. The molecule has 0 amide bonds. The first kappa shape index (κ1) is 13.3. The molecule has 0 spiro atoms. The van der Waals surface area contributed by atoms with E-state index in [1.165, 1.54) is 6.92 Å². The number of hydrogen-bond donors (Lipinski definition) is 1. The molecule has 0 unspecified atom stereocenters. The summed E-state index contributed by atoms with van der Waals surface area (Å²) in [4.78, 5) is 11.0. The summed E-state index contributed by atoms with van der Waals surface area (Å²) in [6.07, 6.45) is -4.69. The number of aromatic hydroxyl groups is 1. The van der Waals surface area contributed by atoms with Crippen molar-refractivity contribution in [2.75, 3.05) is 6.61 Å². The lowest BCUT2D eigenvalue weighted by Gasteiger charge is -2.15. The van der Waals surface area contributed by atoms with Crippen LogP contribution in [0.25, 0.3) is 0 Å². The Bertz CT molecular complexity index is 438. The molecule has 0 aromatic heterocycles. The lowest BCUT2D eigenvalue weighted by atomic mass is 10.1. The molecule has 1 aromatic rings. The van der Waals surface area contributed by atoms with Crippen molar-refractivity contribution in [3.05, 3.63) is 23.3 Å². The van der Waals surface area contributed by atoms with Gasteiger partial charge in [-0.1, -0.05) is 0 Å². The highest BCUT2D eigenvalue weighted by molar-refractivity contribution is 5.95. The van der Waals surface area contributed by atoms with Crippen molar-refractivity contribution in [1.82, 2.24) is 0 Å². The van der Waals surface area contributed by atoms with Gasteiger partial charge >= 0.3 is 6.18 Å². The number of hydrogen-bond acceptors (Lipinski definition) is 3. The van der Waals surface area contributed by atoms with E-state index in [9.17, 15) is 23.1 Å². The first-order valence-corrected chi connectivity index (χ1v) is 4.85. The Morgan fingerprint density at radius 2 is 2.00 bits per heavy atom. The lowest BCUT2D eigenvalue weighted by Crippen LogP contribution is -2.10. The third-order valence-corrected chi connectivity index (χ3v) is 2.07. The Hall–Kier alpha value is -1.72. The molecule has 1 rings (SSSR count). The molecule has 94 valence electrons. The normalized spacial score (nSPS) is 11.4. The van der Waals surface area contributed by atoms with E-state index < -0.39 is 29.0 Å². The molecule has 0 atom stereocenters. The summed E-state index contributed by atoms with van der Waals surface area (Å²) >= 11 is 0. The second-order valence-electron chi connectivity index (χ2n) is 3.36. The largest absolute Gasteiger partial charge is 0.504 e. The van der Waals surface area contributed by atoms with E-state index in [1.54, 1.807) is 0 Å². The number of Topliss-reactive ketones (excluding diaryl/α,β-unsaturated/α-hetero) is 1. The molecule has 0 aliphatic carbocycles. The summed E-state index contributed by atoms with van der Waals surface area (Å²) in [7, 11) is 0. The maximum atomic E-state index is 12.7. The van der Waals surface area contributed by atoms with Gasteiger partial charge in [0.2, 0.25) is 0 Å². The predicted molar refractivity (Wildman–Crippen MR) is 54.3 cm³/mol. The fourth-order valence-electron chi connectivity index (χ4n) is 1.32. The highest BCUT2D eigenvalue weighted by Gasteiger charge is 2.36. The van der Waals surface area contributed by atoms with E-state index >= 15 is 0 Å². The van der Waals surface area contributed by atoms with Crippen LogP contribution in [-0.4, -0.2) is 17.5 Å². The molecule has 0 saturated heterocycles. The number of benzene rings is 1. The molecule has 0 aliphatic rings. The first-order chi connectivity index (χ1) is 7.77. The van der Waals surface area contributed by atoms with Crippen molar-refractivity contribution < 1.29 is 27.8 Å². The highest BCUT2D eigenvalue weighted by atomic mass is 19.4. The van der Waals surface area contributed by atoms with E-state index in [1.807, 2.05) is 0 Å². The average Bonchev–Trinajstić information content (AvgIpc) is 2.18. The molecular weight excluding hydrogens is 237 g/mol. The Morgan fingerprint density at radius 3 is 2.41 bits per heavy atom. The van der Waals surface area contributed by atoms with Gasteiger partial charge in [-0.15, -0.1) is 0 Å². The van der Waals surface area contributed by atoms with E-state index in [4.69, 9.17) is 4.74 Å². The summed E-state index contributed by atoms with van der Waals surface area (Å²) in [5.41, 5.74) is -1.36. The fraction of sp³-hybridized carbons (Fsp3) is 0.364. The predicted octanol–water partition coefficient (Wildman–Crippen LogP) is 3.01. The average molecular weight is 248 g/mol. The molecule has 1 N–H and O–H groups in total. The van der Waals surface area contributed by atoms with Crippen molar-refractivity contribution in [3.63, 3.8) is 0 Å². The maximum Gasteiger partial charge on any atom is 0.420 e. The molecule has 0 fully saturated rings. The zero-order valence-electron chi connectivity index (χ0n) is 9.26. The van der Waals surface area contributed by atoms with Crippen molar-refractivity contribution in [1.29, 1.82) is 0 Å². The Labute approximate surface area is 95.8 Å². The van der Waals surface area contributed by atoms with Gasteiger partial charge in [0, 0.05) is 5.56 Å². The van der Waals surface area contributed by atoms with Gasteiger partial charge in [0.1, 0.15) is 5.56 Å². The number of phenols is 1. The Morgan fingerprint density at radius 1 is 1.41 bits per heavy atom. The number of alkyl halides is 3. The van der Waals surface area contributed by atoms with Gasteiger partial charge in [0.05, 0.1) is 6.61 Å². The number of rotatable bonds is 3. The van der Waals surface area contributed by atoms with E-state index in [0.717, 1.165) is 13.0 Å². The maximum absolute atomic E-state index is 12.7. The summed E-state index contributed by atoms with van der Waals surface area (Å²) in [6, 6.07) is 1.63. The first-order valence-electron chi connectivity index (χ1n) is 4.85. The molecule has 0 radical (unpaired) electrons.